The van der Waals surface area contributed by atoms with Gasteiger partial charge in [-0.1, -0.05) is 167 Å². The van der Waals surface area contributed by atoms with Crippen LogP contribution < -0.4 is 21.1 Å². The number of carbonyl (C=O) groups is 1. The van der Waals surface area contributed by atoms with Crippen LogP contribution in [0.15, 0.2) is 143 Å². The molecule has 0 aromatic heterocycles. The van der Waals surface area contributed by atoms with Crippen LogP contribution in [0.1, 0.15) is 192 Å². The van der Waals surface area contributed by atoms with Gasteiger partial charge < -0.3 is 31.1 Å². The van der Waals surface area contributed by atoms with Crippen LogP contribution >= 0.6 is 0 Å². The molecule has 3 spiro atoms. The minimum atomic E-state index is -0.779. The molecule has 5 saturated carbocycles. The molecule has 6 aliphatic heterocycles. The monoisotopic (exact) mass is 1180 g/mol. The van der Waals surface area contributed by atoms with Gasteiger partial charge in [-0.15, -0.1) is 0 Å². The minimum absolute atomic E-state index is 0.0914. The highest BCUT2D eigenvalue weighted by molar-refractivity contribution is 5.78. The first-order valence-electron chi connectivity index (χ1n) is 35.5. The Balaban J connectivity index is 0.942. The molecule has 3 aromatic carbocycles. The molecule has 0 amide bonds. The summed E-state index contributed by atoms with van der Waals surface area (Å²) in [5.74, 6) is 1.36. The highest BCUT2D eigenvalue weighted by Crippen LogP contribution is 2.84. The Morgan fingerprint density at radius 3 is 2.41 bits per heavy atom. The van der Waals surface area contributed by atoms with Gasteiger partial charge in [0, 0.05) is 46.6 Å². The number of carboxylic acids is 1. The van der Waals surface area contributed by atoms with Gasteiger partial charge in [0.25, 0.3) is 0 Å². The highest BCUT2D eigenvalue weighted by atomic mass is 16.4. The number of allylic oxidation sites excluding steroid dienone is 9. The van der Waals surface area contributed by atoms with Crippen molar-refractivity contribution in [1.29, 1.82) is 0 Å². The Hall–Kier alpha value is -5.37. The average Bonchev–Trinajstić information content (AvgIpc) is 0.951. The fourth-order valence-electron chi connectivity index (χ4n) is 24.3. The van der Waals surface area contributed by atoms with Crippen LogP contribution in [0, 0.1) is 85.8 Å². The fourth-order valence-corrected chi connectivity index (χ4v) is 24.3. The Morgan fingerprint density at radius 2 is 1.61 bits per heavy atom. The maximum Gasteiger partial charge on any atom is 0.306 e. The van der Waals surface area contributed by atoms with Crippen molar-refractivity contribution < 1.29 is 25.2 Å². The molecule has 0 unspecified atom stereocenters. The molecule has 5 fully saturated rings. The van der Waals surface area contributed by atoms with Gasteiger partial charge in [0.2, 0.25) is 0 Å². The smallest absolute Gasteiger partial charge is 0.306 e. The Kier molecular flexibility index (Phi) is 15.1. The van der Waals surface area contributed by atoms with Gasteiger partial charge in [0.05, 0.1) is 30.2 Å². The van der Waals surface area contributed by atoms with Crippen molar-refractivity contribution in [2.24, 2.45) is 85.8 Å². The van der Waals surface area contributed by atoms with Crippen LogP contribution in [0.3, 0.4) is 0 Å². The Labute approximate surface area is 525 Å². The summed E-state index contributed by atoms with van der Waals surface area (Å²) in [5.41, 5.74) is 12.4. The maximum absolute atomic E-state index is 14.7. The van der Waals surface area contributed by atoms with Gasteiger partial charge in [0.1, 0.15) is 0 Å². The first-order valence-corrected chi connectivity index (χ1v) is 35.5. The van der Waals surface area contributed by atoms with E-state index in [-0.39, 0.29) is 34.0 Å². The summed E-state index contributed by atoms with van der Waals surface area (Å²) in [7, 11) is 0. The zero-order chi connectivity index (χ0) is 60.4. The number of aliphatic hydroxyl groups excluding tert-OH is 3. The molecule has 0 radical (unpaired) electrons. The maximum atomic E-state index is 14.7. The second kappa shape index (κ2) is 22.5. The van der Waals surface area contributed by atoms with E-state index in [0.717, 1.165) is 121 Å². The summed E-state index contributed by atoms with van der Waals surface area (Å²) in [6.07, 6.45) is 37.7. The van der Waals surface area contributed by atoms with E-state index in [1.54, 1.807) is 16.7 Å². The SMILES string of the molecule is CC(C)CC1=CC[C@]2(C)[C@@H](O)CC[C@@]34C5=C6C[C@@]1(C=C1C(=c7ccccc7=C[C@@H]13)Cc1cccc(c1)C1=CC=C(NCCC[C@@H](C3CCCCC3)/C(=C/O)CC[C@@H](C(=O)O)[C@H]3[C@H](O)C[C@]6([C@@H]6CC[C@]7(CC[C@H](Cc8ccccc8)C7)C6)[C@]3(C)CC5)NC1)[C@@H]24. The molecule has 3 aromatic rings. The van der Waals surface area contributed by atoms with Gasteiger partial charge >= 0.3 is 5.97 Å². The van der Waals surface area contributed by atoms with Gasteiger partial charge in [-0.25, -0.2) is 0 Å². The number of hydrogen-bond donors (Lipinski definition) is 6. The molecule has 466 valence electrons. The van der Waals surface area contributed by atoms with E-state index in [0.29, 0.717) is 42.9 Å². The van der Waals surface area contributed by atoms with Crippen molar-refractivity contribution in [3.63, 3.8) is 0 Å². The lowest BCUT2D eigenvalue weighted by Crippen LogP contribution is -2.69. The molecule has 16 aliphatic rings. The molecular weight excluding hydrogens is 1080 g/mol. The Morgan fingerprint density at radius 1 is 0.795 bits per heavy atom. The van der Waals surface area contributed by atoms with Crippen molar-refractivity contribution in [1.82, 2.24) is 10.6 Å². The predicted octanol–water partition coefficient (Wildman–Crippen LogP) is 15.6. The number of aliphatic carboxylic acids is 1. The van der Waals surface area contributed by atoms with Crippen molar-refractivity contribution >= 4 is 23.2 Å². The van der Waals surface area contributed by atoms with E-state index in [1.165, 1.54) is 95.1 Å². The van der Waals surface area contributed by atoms with Crippen molar-refractivity contribution in [2.45, 2.75) is 200 Å². The third-order valence-electron chi connectivity index (χ3n) is 27.6. The number of fused-ring (bicyclic) bond motifs is 1. The van der Waals surface area contributed by atoms with Gasteiger partial charge in [0.15, 0.2) is 0 Å². The van der Waals surface area contributed by atoms with Crippen LogP contribution in [0.2, 0.25) is 0 Å². The van der Waals surface area contributed by atoms with E-state index >= 15 is 0 Å². The van der Waals surface area contributed by atoms with Crippen LogP contribution in [-0.4, -0.2) is 51.7 Å². The second-order valence-corrected chi connectivity index (χ2v) is 32.2. The summed E-state index contributed by atoms with van der Waals surface area (Å²) >= 11 is 0. The first-order chi connectivity index (χ1) is 42.6. The molecule has 7 heteroatoms. The number of aliphatic hydroxyl groups is 3. The summed E-state index contributed by atoms with van der Waals surface area (Å²) in [6, 6.07) is 29.9. The molecule has 15 atom stereocenters. The highest BCUT2D eigenvalue weighted by Gasteiger charge is 2.77. The fraction of sp³-hybridized carbons (Fsp3) is 0.593. The van der Waals surface area contributed by atoms with Gasteiger partial charge in [-0.2, -0.15) is 0 Å². The van der Waals surface area contributed by atoms with E-state index in [4.69, 9.17) is 0 Å². The molecule has 0 saturated heterocycles. The number of rotatable bonds is 7. The third-order valence-corrected chi connectivity index (χ3v) is 27.6. The number of carboxylic acid groups (broad SMARTS) is 1. The average molecular weight is 1180 g/mol. The van der Waals surface area contributed by atoms with E-state index in [2.05, 4.69) is 148 Å². The number of benzene rings is 3. The second-order valence-electron chi connectivity index (χ2n) is 32.2. The van der Waals surface area contributed by atoms with Crippen LogP contribution in [0.25, 0.3) is 17.2 Å². The lowest BCUT2D eigenvalue weighted by atomic mass is 9.29. The standard InChI is InChI=1S/C81H102N2O5/c1-51(2)39-60-29-33-76(3)71(86)32-37-80-67-31-34-77(4)73-64(74(87)88)26-24-59(50-84)62(55-18-9-6-10-19-55)23-14-38-82-72-27-25-58(49-83-72)56-21-13-17-53(41-56)42-65-63-22-12-11-20-57(63)43-68(80)66(65)46-79(60,75(76)80)47-69(67)81(77,48-70(73)85)61-30-36-78(45-61)35-28-54(44-78)40-52-15-7-5-8-16-52/h5,7-8,11-13,15-17,20-22,25,27,29,41,43,46,50-51,54-55,61-62,64,68,70-71,73,75,82-86H,6,9-10,14,18-19,23-24,26,28,30-40,42,44-45,47-49H2,1-4H3,(H,87,88)/b59-50+/t54-,61-,62+,64-,68+,70-,71+,73+,75-,76-,77-,78+,79-,80-,81-/m1/s1. The largest absolute Gasteiger partial charge is 0.516 e. The number of dihydropyridines is 1. The van der Waals surface area contributed by atoms with Gasteiger partial charge in [-0.3, -0.25) is 4.79 Å². The van der Waals surface area contributed by atoms with E-state index in [1.807, 2.05) is 0 Å². The molecule has 6 heterocycles. The molecule has 14 bridgehead atoms. The molecule has 19 rings (SSSR count). The quantitative estimate of drug-likeness (QED) is 0.103. The van der Waals surface area contributed by atoms with Crippen LogP contribution in [0.4, 0.5) is 0 Å². The molecule has 7 nitrogen and oxygen atoms in total. The zero-order valence-electron chi connectivity index (χ0n) is 53.6. The first kappa shape index (κ1) is 59.0. The topological polar surface area (TPSA) is 122 Å². The number of nitrogens with one attached hydrogen (secondary N) is 2. The van der Waals surface area contributed by atoms with Gasteiger partial charge in [-0.05, 0) is 243 Å². The third kappa shape index (κ3) is 9.21. The van der Waals surface area contributed by atoms with Crippen LogP contribution in [0.5, 0.6) is 0 Å². The van der Waals surface area contributed by atoms with E-state index in [9.17, 15) is 25.2 Å². The van der Waals surface area contributed by atoms with Crippen molar-refractivity contribution in [3.05, 3.63) is 170 Å². The van der Waals surface area contributed by atoms with E-state index < -0.39 is 46.3 Å². The van der Waals surface area contributed by atoms with Crippen molar-refractivity contribution in [2.75, 3.05) is 13.1 Å². The predicted molar refractivity (Wildman–Crippen MR) is 354 cm³/mol. The molecule has 88 heavy (non-hydrogen) atoms. The van der Waals surface area contributed by atoms with Crippen molar-refractivity contribution in [3.8, 4) is 0 Å². The number of hydrogen-bond acceptors (Lipinski definition) is 6. The van der Waals surface area contributed by atoms with Crippen LogP contribution in [-0.2, 0) is 17.6 Å². The zero-order valence-corrected chi connectivity index (χ0v) is 53.6. The molecule has 6 N–H and O–H groups in total. The normalized spacial score (nSPS) is 40.0. The Bertz CT molecular complexity index is 3560. The lowest BCUT2D eigenvalue weighted by Gasteiger charge is -2.74. The molecule has 10 aliphatic carbocycles. The summed E-state index contributed by atoms with van der Waals surface area (Å²) in [5, 5.41) is 60.4. The summed E-state index contributed by atoms with van der Waals surface area (Å²) < 4.78 is 0. The summed E-state index contributed by atoms with van der Waals surface area (Å²) in [6.45, 7) is 11.4. The lowest BCUT2D eigenvalue weighted by molar-refractivity contribution is -0.167. The minimum Gasteiger partial charge on any atom is -0.516 e. The molecular formula is C81H102N2O5. The summed E-state index contributed by atoms with van der Waals surface area (Å²) in [4.78, 5) is 14.7.